The van der Waals surface area contributed by atoms with Gasteiger partial charge in [-0.3, -0.25) is 4.40 Å². The Labute approximate surface area is 150 Å². The lowest BCUT2D eigenvalue weighted by atomic mass is 10.2. The standard InChI is InChI=1S/C15H11BrN2O2S.BrH/c16-14-11(17-13-7-3-4-8-18(13)14)9-21-12-6-2-1-5-10(12)15(19)20;/h1-8H,9H2,(H,19,20);1H. The summed E-state index contributed by atoms with van der Waals surface area (Å²) in [4.78, 5) is 16.5. The largest absolute Gasteiger partial charge is 0.478 e. The summed E-state index contributed by atoms with van der Waals surface area (Å²) in [6.07, 6.45) is 1.94. The normalized spacial score (nSPS) is 10.4. The monoisotopic (exact) mass is 442 g/mol. The lowest BCUT2D eigenvalue weighted by Gasteiger charge is -2.04. The van der Waals surface area contributed by atoms with E-state index in [1.165, 1.54) is 11.8 Å². The van der Waals surface area contributed by atoms with Crippen molar-refractivity contribution < 1.29 is 9.90 Å². The van der Waals surface area contributed by atoms with Gasteiger partial charge in [0.2, 0.25) is 0 Å². The summed E-state index contributed by atoms with van der Waals surface area (Å²) in [5.74, 6) is -0.306. The average Bonchev–Trinajstić information content (AvgIpc) is 2.82. The number of carboxylic acid groups (broad SMARTS) is 1. The lowest BCUT2D eigenvalue weighted by Crippen LogP contribution is -1.98. The number of carbonyl (C=O) groups is 1. The molecular weight excluding hydrogens is 432 g/mol. The van der Waals surface area contributed by atoms with Crippen molar-refractivity contribution in [3.63, 3.8) is 0 Å². The number of aromatic carboxylic acids is 1. The highest BCUT2D eigenvalue weighted by atomic mass is 79.9. The average molecular weight is 444 g/mol. The van der Waals surface area contributed by atoms with Crippen LogP contribution in [0, 0.1) is 0 Å². The number of carboxylic acids is 1. The zero-order valence-corrected chi connectivity index (χ0v) is 15.4. The summed E-state index contributed by atoms with van der Waals surface area (Å²) in [5.41, 5.74) is 2.08. The third kappa shape index (κ3) is 3.37. The van der Waals surface area contributed by atoms with Gasteiger partial charge in [-0.2, -0.15) is 0 Å². The van der Waals surface area contributed by atoms with Gasteiger partial charge in [0.05, 0.1) is 11.3 Å². The van der Waals surface area contributed by atoms with Crippen LogP contribution < -0.4 is 0 Å². The van der Waals surface area contributed by atoms with E-state index in [1.54, 1.807) is 12.1 Å². The van der Waals surface area contributed by atoms with Crippen LogP contribution in [0.15, 0.2) is 58.2 Å². The van der Waals surface area contributed by atoms with E-state index in [0.29, 0.717) is 11.3 Å². The molecule has 0 atom stereocenters. The van der Waals surface area contributed by atoms with Gasteiger partial charge in [-0.05, 0) is 40.2 Å². The van der Waals surface area contributed by atoms with Gasteiger partial charge in [-0.1, -0.05) is 18.2 Å². The minimum atomic E-state index is -0.910. The molecule has 0 fully saturated rings. The summed E-state index contributed by atoms with van der Waals surface area (Å²) in [6.45, 7) is 0. The summed E-state index contributed by atoms with van der Waals surface area (Å²) in [5, 5.41) is 9.19. The summed E-state index contributed by atoms with van der Waals surface area (Å²) < 4.78 is 2.86. The van der Waals surface area contributed by atoms with Crippen LogP contribution in [-0.2, 0) is 5.75 Å². The topological polar surface area (TPSA) is 54.6 Å². The first kappa shape index (κ1) is 17.1. The molecule has 0 aliphatic carbocycles. The van der Waals surface area contributed by atoms with E-state index in [9.17, 15) is 9.90 Å². The highest BCUT2D eigenvalue weighted by Gasteiger charge is 2.13. The Balaban J connectivity index is 0.00000176. The van der Waals surface area contributed by atoms with E-state index in [0.717, 1.165) is 20.8 Å². The molecule has 4 nitrogen and oxygen atoms in total. The van der Waals surface area contributed by atoms with Gasteiger partial charge in [0.15, 0.2) is 0 Å². The third-order valence-corrected chi connectivity index (χ3v) is 4.94. The minimum Gasteiger partial charge on any atom is -0.478 e. The second-order valence-corrected chi connectivity index (χ2v) is 6.14. The van der Waals surface area contributed by atoms with Gasteiger partial charge < -0.3 is 5.11 Å². The molecule has 0 saturated heterocycles. The second-order valence-electron chi connectivity index (χ2n) is 4.37. The molecule has 7 heteroatoms. The van der Waals surface area contributed by atoms with Gasteiger partial charge >= 0.3 is 5.97 Å². The Hall–Kier alpha value is -1.31. The smallest absolute Gasteiger partial charge is 0.336 e. The van der Waals surface area contributed by atoms with Crippen molar-refractivity contribution in [1.29, 1.82) is 0 Å². The minimum absolute atomic E-state index is 0. The van der Waals surface area contributed by atoms with Gasteiger partial charge in [0.25, 0.3) is 0 Å². The van der Waals surface area contributed by atoms with Crippen LogP contribution in [-0.4, -0.2) is 20.5 Å². The van der Waals surface area contributed by atoms with Gasteiger partial charge in [0.1, 0.15) is 10.3 Å². The number of hydrogen-bond donors (Lipinski definition) is 1. The molecule has 0 saturated carbocycles. The molecule has 114 valence electrons. The maximum atomic E-state index is 11.2. The van der Waals surface area contributed by atoms with Gasteiger partial charge in [0, 0.05) is 16.8 Å². The number of aromatic nitrogens is 2. The van der Waals surface area contributed by atoms with Crippen LogP contribution in [0.1, 0.15) is 16.1 Å². The Morgan fingerprint density at radius 3 is 2.68 bits per heavy atom. The number of pyridine rings is 1. The zero-order chi connectivity index (χ0) is 14.8. The molecule has 3 rings (SSSR count). The quantitative estimate of drug-likeness (QED) is 0.595. The van der Waals surface area contributed by atoms with Crippen molar-refractivity contribution >= 4 is 56.3 Å². The number of thioether (sulfide) groups is 1. The molecule has 3 aromatic rings. The molecule has 1 aromatic carbocycles. The third-order valence-electron chi connectivity index (χ3n) is 3.02. The van der Waals surface area contributed by atoms with Gasteiger partial charge in [-0.25, -0.2) is 9.78 Å². The Morgan fingerprint density at radius 1 is 1.23 bits per heavy atom. The molecule has 1 N–H and O–H groups in total. The highest BCUT2D eigenvalue weighted by Crippen LogP contribution is 2.29. The number of halogens is 2. The summed E-state index contributed by atoms with van der Waals surface area (Å²) in [6, 6.07) is 12.8. The molecule has 0 radical (unpaired) electrons. The molecule has 0 unspecified atom stereocenters. The maximum Gasteiger partial charge on any atom is 0.336 e. The van der Waals surface area contributed by atoms with Gasteiger partial charge in [-0.15, -0.1) is 28.7 Å². The number of imidazole rings is 1. The second kappa shape index (κ2) is 7.30. The SMILES string of the molecule is Br.O=C(O)c1ccccc1SCc1nc2ccccn2c1Br. The molecule has 0 spiro atoms. The first-order valence-electron chi connectivity index (χ1n) is 6.23. The van der Waals surface area contributed by atoms with Crippen molar-refractivity contribution in [2.75, 3.05) is 0 Å². The number of nitrogens with zero attached hydrogens (tertiary/aromatic N) is 2. The van der Waals surface area contributed by atoms with Crippen molar-refractivity contribution in [3.8, 4) is 0 Å². The number of rotatable bonds is 4. The van der Waals surface area contributed by atoms with Crippen LogP contribution in [0.5, 0.6) is 0 Å². The molecule has 22 heavy (non-hydrogen) atoms. The van der Waals surface area contributed by atoms with E-state index in [4.69, 9.17) is 0 Å². The van der Waals surface area contributed by atoms with Crippen LogP contribution >= 0.6 is 44.7 Å². The first-order chi connectivity index (χ1) is 10.2. The predicted octanol–water partition coefficient (Wildman–Crippen LogP) is 4.67. The van der Waals surface area contributed by atoms with E-state index < -0.39 is 5.97 Å². The molecule has 0 bridgehead atoms. The number of fused-ring (bicyclic) bond motifs is 1. The number of benzene rings is 1. The highest BCUT2D eigenvalue weighted by molar-refractivity contribution is 9.10. The fraction of sp³-hybridized carbons (Fsp3) is 0.0667. The van der Waals surface area contributed by atoms with Crippen molar-refractivity contribution in [2.24, 2.45) is 0 Å². The van der Waals surface area contributed by atoms with Crippen molar-refractivity contribution in [2.45, 2.75) is 10.6 Å². The van der Waals surface area contributed by atoms with Crippen LogP contribution in [0.4, 0.5) is 0 Å². The fourth-order valence-electron chi connectivity index (χ4n) is 2.02. The maximum absolute atomic E-state index is 11.2. The zero-order valence-electron chi connectivity index (χ0n) is 11.3. The Bertz CT molecular complexity index is 820. The van der Waals surface area contributed by atoms with Crippen LogP contribution in [0.25, 0.3) is 5.65 Å². The van der Waals surface area contributed by atoms with Crippen molar-refractivity contribution in [1.82, 2.24) is 9.38 Å². The summed E-state index contributed by atoms with van der Waals surface area (Å²) >= 11 is 5.01. The van der Waals surface area contributed by atoms with E-state index in [1.807, 2.05) is 40.9 Å². The summed E-state index contributed by atoms with van der Waals surface area (Å²) in [7, 11) is 0. The van der Waals surface area contributed by atoms with E-state index in [2.05, 4.69) is 20.9 Å². The molecule has 0 amide bonds. The molecule has 2 aromatic heterocycles. The lowest BCUT2D eigenvalue weighted by molar-refractivity contribution is 0.0693. The molecular formula is C15H12Br2N2O2S. The molecule has 0 aliphatic rings. The van der Waals surface area contributed by atoms with Crippen molar-refractivity contribution in [3.05, 3.63) is 64.5 Å². The van der Waals surface area contributed by atoms with E-state index >= 15 is 0 Å². The van der Waals surface area contributed by atoms with E-state index in [-0.39, 0.29) is 17.0 Å². The van der Waals surface area contributed by atoms with Crippen LogP contribution in [0.2, 0.25) is 0 Å². The predicted molar refractivity (Wildman–Crippen MR) is 96.2 cm³/mol. The Morgan fingerprint density at radius 2 is 1.95 bits per heavy atom. The first-order valence-corrected chi connectivity index (χ1v) is 8.01. The van der Waals surface area contributed by atoms with Crippen LogP contribution in [0.3, 0.4) is 0 Å². The fourth-order valence-corrected chi connectivity index (χ4v) is 3.72. The molecule has 2 heterocycles. The molecule has 0 aliphatic heterocycles. The Kier molecular flexibility index (Phi) is 5.66. The number of hydrogen-bond acceptors (Lipinski definition) is 3.